The summed E-state index contributed by atoms with van der Waals surface area (Å²) in [6.07, 6.45) is 7.54. The Morgan fingerprint density at radius 2 is 1.74 bits per heavy atom. The number of ether oxygens (including phenoxy) is 3. The number of carbonyl (C=O) groups excluding carboxylic acids is 3. The first-order chi connectivity index (χ1) is 16.6. The van der Waals surface area contributed by atoms with Gasteiger partial charge in [0.1, 0.15) is 11.9 Å². The number of alkyl halides is 1. The maximum absolute atomic E-state index is 14.0. The van der Waals surface area contributed by atoms with E-state index in [1.807, 2.05) is 0 Å². The molecular weight excluding hydrogens is 512 g/mol. The van der Waals surface area contributed by atoms with Crippen molar-refractivity contribution in [1.29, 1.82) is 0 Å². The van der Waals surface area contributed by atoms with Crippen molar-refractivity contribution in [3.8, 4) is 0 Å². The third-order valence-corrected chi connectivity index (χ3v) is 11.8. The molecule has 35 heavy (non-hydrogen) atoms. The second-order valence-electron chi connectivity index (χ2n) is 12.2. The van der Waals surface area contributed by atoms with E-state index < -0.39 is 6.16 Å². The van der Waals surface area contributed by atoms with E-state index in [-0.39, 0.29) is 39.6 Å². The lowest BCUT2D eigenvalue weighted by atomic mass is 9.44. The summed E-state index contributed by atoms with van der Waals surface area (Å²) in [5.74, 6) is 2.28. The Bertz CT molecular complexity index is 830. The molecule has 0 N–H and O–H groups in total. The number of hydrogen-bond donors (Lipinski definition) is 0. The van der Waals surface area contributed by atoms with Crippen LogP contribution in [0, 0.1) is 46.3 Å². The molecule has 10 unspecified atom stereocenters. The van der Waals surface area contributed by atoms with Crippen LogP contribution in [0.5, 0.6) is 0 Å². The van der Waals surface area contributed by atoms with Crippen molar-refractivity contribution >= 4 is 33.8 Å². The normalized spacial score (nSPS) is 43.4. The van der Waals surface area contributed by atoms with Gasteiger partial charge in [0, 0.05) is 12.3 Å². The zero-order valence-electron chi connectivity index (χ0n) is 22.0. The summed E-state index contributed by atoms with van der Waals surface area (Å²) in [6, 6.07) is 0. The minimum atomic E-state index is -0.598. The van der Waals surface area contributed by atoms with Crippen molar-refractivity contribution in [2.24, 2.45) is 46.3 Å². The van der Waals surface area contributed by atoms with Gasteiger partial charge in [-0.15, -0.1) is 0 Å². The fraction of sp³-hybridized carbons (Fsp3) is 0.893. The molecule has 198 valence electrons. The Morgan fingerprint density at radius 1 is 1.06 bits per heavy atom. The van der Waals surface area contributed by atoms with Gasteiger partial charge in [0.15, 0.2) is 0 Å². The van der Waals surface area contributed by atoms with E-state index in [0.29, 0.717) is 42.5 Å². The van der Waals surface area contributed by atoms with Crippen molar-refractivity contribution in [2.75, 3.05) is 13.7 Å². The first kappa shape index (κ1) is 26.9. The number of fused-ring (bicyclic) bond motifs is 5. The average Bonchev–Trinajstić information content (AvgIpc) is 3.18. The number of esters is 1. The molecule has 7 heteroatoms. The van der Waals surface area contributed by atoms with Gasteiger partial charge in [-0.05, 0) is 98.7 Å². The molecular formula is C28H43BrO6. The van der Waals surface area contributed by atoms with Gasteiger partial charge >= 0.3 is 12.1 Å². The third kappa shape index (κ3) is 4.68. The molecule has 0 heterocycles. The highest BCUT2D eigenvalue weighted by molar-refractivity contribution is 9.10. The molecule has 4 saturated carbocycles. The van der Waals surface area contributed by atoms with E-state index in [1.54, 1.807) is 6.92 Å². The minimum absolute atomic E-state index is 0.0666. The van der Waals surface area contributed by atoms with Crippen LogP contribution in [0.3, 0.4) is 0 Å². The molecule has 0 amide bonds. The molecule has 0 spiro atoms. The van der Waals surface area contributed by atoms with Crippen molar-refractivity contribution in [3.63, 3.8) is 0 Å². The molecule has 6 nitrogen and oxygen atoms in total. The highest BCUT2D eigenvalue weighted by atomic mass is 79.9. The van der Waals surface area contributed by atoms with Crippen LogP contribution in [-0.4, -0.2) is 42.6 Å². The molecule has 0 aliphatic heterocycles. The number of hydrogen-bond acceptors (Lipinski definition) is 6. The summed E-state index contributed by atoms with van der Waals surface area (Å²) < 4.78 is 15.5. The van der Waals surface area contributed by atoms with Crippen LogP contribution in [0.15, 0.2) is 0 Å². The Morgan fingerprint density at radius 3 is 2.43 bits per heavy atom. The van der Waals surface area contributed by atoms with Crippen molar-refractivity contribution in [2.45, 2.75) is 96.4 Å². The molecule has 0 saturated heterocycles. The van der Waals surface area contributed by atoms with Crippen LogP contribution in [0.4, 0.5) is 4.79 Å². The topological polar surface area (TPSA) is 78.9 Å². The van der Waals surface area contributed by atoms with Crippen LogP contribution in [0.25, 0.3) is 0 Å². The third-order valence-electron chi connectivity index (χ3n) is 10.8. The monoisotopic (exact) mass is 554 g/mol. The van der Waals surface area contributed by atoms with Crippen LogP contribution in [-0.2, 0) is 23.8 Å². The quantitative estimate of drug-likeness (QED) is 0.282. The second kappa shape index (κ2) is 10.3. The predicted octanol–water partition coefficient (Wildman–Crippen LogP) is 6.33. The largest absolute Gasteiger partial charge is 0.508 e. The number of halogens is 1. The summed E-state index contributed by atoms with van der Waals surface area (Å²) in [5.41, 5.74) is 0.212. The number of carbonyl (C=O) groups is 3. The lowest BCUT2D eigenvalue weighted by Crippen LogP contribution is -2.61. The summed E-state index contributed by atoms with van der Waals surface area (Å²) in [6.45, 7) is 9.18. The summed E-state index contributed by atoms with van der Waals surface area (Å²) in [5, 5.41) is 0. The fourth-order valence-electron chi connectivity index (χ4n) is 8.92. The van der Waals surface area contributed by atoms with Crippen molar-refractivity contribution in [1.82, 2.24) is 0 Å². The lowest BCUT2D eigenvalue weighted by molar-refractivity contribution is -0.159. The summed E-state index contributed by atoms with van der Waals surface area (Å²) in [7, 11) is 1.46. The Labute approximate surface area is 218 Å². The van der Waals surface area contributed by atoms with Gasteiger partial charge in [-0.1, -0.05) is 36.7 Å². The van der Waals surface area contributed by atoms with Gasteiger partial charge < -0.3 is 14.2 Å². The van der Waals surface area contributed by atoms with Crippen LogP contribution in [0.1, 0.15) is 85.5 Å². The SMILES string of the molecule is CCOC(=O)OC1CCC2(C)C(C1)C(Br)C(=O)C1C3CCC(C(C)CCC(=O)OC)C3(C)CCC12. The molecule has 10 atom stereocenters. The fourth-order valence-corrected chi connectivity index (χ4v) is 10.0. The number of methoxy groups -OCH3 is 1. The van der Waals surface area contributed by atoms with E-state index in [0.717, 1.165) is 51.4 Å². The zero-order valence-corrected chi connectivity index (χ0v) is 23.6. The van der Waals surface area contributed by atoms with Crippen molar-refractivity contribution in [3.05, 3.63) is 0 Å². The minimum Gasteiger partial charge on any atom is -0.469 e. The molecule has 0 aromatic heterocycles. The maximum atomic E-state index is 14.0. The number of Topliss-reactive ketones (excluding diaryl/α,β-unsaturated/α-hetero) is 1. The first-order valence-corrected chi connectivity index (χ1v) is 14.6. The predicted molar refractivity (Wildman–Crippen MR) is 136 cm³/mol. The van der Waals surface area contributed by atoms with Crippen LogP contribution in [0.2, 0.25) is 0 Å². The van der Waals surface area contributed by atoms with Gasteiger partial charge in [-0.3, -0.25) is 9.59 Å². The van der Waals surface area contributed by atoms with E-state index in [4.69, 9.17) is 14.2 Å². The van der Waals surface area contributed by atoms with Gasteiger partial charge in [0.05, 0.1) is 18.5 Å². The van der Waals surface area contributed by atoms with E-state index in [9.17, 15) is 14.4 Å². The maximum Gasteiger partial charge on any atom is 0.508 e. The molecule has 4 aliphatic rings. The summed E-state index contributed by atoms with van der Waals surface area (Å²) >= 11 is 3.85. The van der Waals surface area contributed by atoms with Crippen LogP contribution < -0.4 is 0 Å². The highest BCUT2D eigenvalue weighted by Crippen LogP contribution is 2.68. The first-order valence-electron chi connectivity index (χ1n) is 13.6. The summed E-state index contributed by atoms with van der Waals surface area (Å²) in [4.78, 5) is 37.4. The second-order valence-corrected chi connectivity index (χ2v) is 13.2. The number of rotatable bonds is 6. The van der Waals surface area contributed by atoms with Gasteiger partial charge in [0.2, 0.25) is 0 Å². The Balaban J connectivity index is 1.51. The van der Waals surface area contributed by atoms with E-state index in [2.05, 4.69) is 36.7 Å². The van der Waals surface area contributed by atoms with Crippen LogP contribution >= 0.6 is 15.9 Å². The van der Waals surface area contributed by atoms with Gasteiger partial charge in [0.25, 0.3) is 0 Å². The molecule has 0 aromatic carbocycles. The molecule has 4 aliphatic carbocycles. The van der Waals surface area contributed by atoms with E-state index >= 15 is 0 Å². The molecule has 4 rings (SSSR count). The van der Waals surface area contributed by atoms with Gasteiger partial charge in [-0.25, -0.2) is 4.79 Å². The molecule has 4 fully saturated rings. The molecule has 0 radical (unpaired) electrons. The highest BCUT2D eigenvalue weighted by Gasteiger charge is 2.65. The molecule has 0 bridgehead atoms. The van der Waals surface area contributed by atoms with E-state index in [1.165, 1.54) is 7.11 Å². The smallest absolute Gasteiger partial charge is 0.469 e. The lowest BCUT2D eigenvalue weighted by Gasteiger charge is -2.61. The average molecular weight is 556 g/mol. The zero-order chi connectivity index (χ0) is 25.5. The Kier molecular flexibility index (Phi) is 7.95. The Hall–Kier alpha value is -1.11. The van der Waals surface area contributed by atoms with Crippen molar-refractivity contribution < 1.29 is 28.6 Å². The van der Waals surface area contributed by atoms with Gasteiger partial charge in [-0.2, -0.15) is 0 Å². The number of ketones is 1. The molecule has 0 aromatic rings. The standard InChI is InChI=1S/C28H43BrO6/c1-6-34-26(32)35-17-11-13-28(4)20-12-14-27(3)18(16(2)7-10-22(30)33-5)8-9-19(27)23(20)25(31)24(29)21(28)15-17/h16-21,23-24H,6-15H2,1-5H3.